The molecule has 6 nitrogen and oxygen atoms in total. The van der Waals surface area contributed by atoms with Crippen molar-refractivity contribution in [2.75, 3.05) is 6.61 Å². The second kappa shape index (κ2) is 8.49. The van der Waals surface area contributed by atoms with Crippen LogP contribution in [0.5, 0.6) is 0 Å². The molecule has 0 aliphatic carbocycles. The zero-order valence-electron chi connectivity index (χ0n) is 15.4. The largest absolute Gasteiger partial charge is 0.452 e. The third kappa shape index (κ3) is 4.34. The molecular weight excluding hydrogens is 344 g/mol. The first-order chi connectivity index (χ1) is 13.1. The van der Waals surface area contributed by atoms with Crippen LogP contribution in [-0.4, -0.2) is 29.7 Å². The van der Waals surface area contributed by atoms with Gasteiger partial charge in [0.2, 0.25) is 0 Å². The highest BCUT2D eigenvalue weighted by atomic mass is 16.5. The van der Waals surface area contributed by atoms with Crippen LogP contribution in [0, 0.1) is 0 Å². The standard InChI is InChI=1S/C21H22N2O4/c1-3-16(4-2)22-19(24)13-26-21(25)15-10-11-18-17(12-15)20(27-23-18)14-8-6-5-7-9-14/h5-12,16H,3-4,13H2,1-2H3,(H,22,24). The van der Waals surface area contributed by atoms with Gasteiger partial charge in [-0.25, -0.2) is 4.79 Å². The number of hydrogen-bond donors (Lipinski definition) is 1. The molecule has 6 heteroatoms. The maximum atomic E-state index is 12.3. The van der Waals surface area contributed by atoms with Crippen LogP contribution in [-0.2, 0) is 9.53 Å². The Kier molecular flexibility index (Phi) is 5.86. The normalized spacial score (nSPS) is 10.9. The van der Waals surface area contributed by atoms with Crippen molar-refractivity contribution in [2.24, 2.45) is 0 Å². The highest BCUT2D eigenvalue weighted by molar-refractivity contribution is 5.99. The Morgan fingerprint density at radius 3 is 2.56 bits per heavy atom. The van der Waals surface area contributed by atoms with Crippen molar-refractivity contribution in [1.29, 1.82) is 0 Å². The summed E-state index contributed by atoms with van der Waals surface area (Å²) in [5.74, 6) is -0.267. The molecule has 1 heterocycles. The topological polar surface area (TPSA) is 81.4 Å². The summed E-state index contributed by atoms with van der Waals surface area (Å²) in [5.41, 5.74) is 1.87. The van der Waals surface area contributed by atoms with Gasteiger partial charge < -0.3 is 14.6 Å². The summed E-state index contributed by atoms with van der Waals surface area (Å²) in [5, 5.41) is 7.59. The highest BCUT2D eigenvalue weighted by Crippen LogP contribution is 2.29. The van der Waals surface area contributed by atoms with Crippen molar-refractivity contribution >= 4 is 22.8 Å². The van der Waals surface area contributed by atoms with Gasteiger partial charge in [-0.2, -0.15) is 0 Å². The Morgan fingerprint density at radius 1 is 1.11 bits per heavy atom. The zero-order chi connectivity index (χ0) is 19.2. The number of carbonyl (C=O) groups is 2. The predicted molar refractivity (Wildman–Crippen MR) is 102 cm³/mol. The van der Waals surface area contributed by atoms with Crippen molar-refractivity contribution in [3.63, 3.8) is 0 Å². The van der Waals surface area contributed by atoms with Gasteiger partial charge in [0.25, 0.3) is 5.91 Å². The quantitative estimate of drug-likeness (QED) is 0.640. The summed E-state index contributed by atoms with van der Waals surface area (Å²) in [7, 11) is 0. The molecule has 1 amide bonds. The molecule has 0 unspecified atom stereocenters. The van der Waals surface area contributed by atoms with Crippen molar-refractivity contribution in [1.82, 2.24) is 10.5 Å². The monoisotopic (exact) mass is 366 g/mol. The van der Waals surface area contributed by atoms with Crippen LogP contribution in [0.25, 0.3) is 22.2 Å². The van der Waals surface area contributed by atoms with Gasteiger partial charge in [-0.3, -0.25) is 4.79 Å². The average molecular weight is 366 g/mol. The Morgan fingerprint density at radius 2 is 1.85 bits per heavy atom. The van der Waals surface area contributed by atoms with Gasteiger partial charge in [0.05, 0.1) is 10.9 Å². The molecule has 0 saturated heterocycles. The van der Waals surface area contributed by atoms with E-state index in [2.05, 4.69) is 10.5 Å². The fourth-order valence-electron chi connectivity index (χ4n) is 2.84. The first-order valence-electron chi connectivity index (χ1n) is 9.03. The smallest absolute Gasteiger partial charge is 0.338 e. The van der Waals surface area contributed by atoms with Crippen molar-refractivity contribution in [3.8, 4) is 11.3 Å². The lowest BCUT2D eigenvalue weighted by Gasteiger charge is -2.14. The number of hydrogen-bond acceptors (Lipinski definition) is 5. The molecule has 3 rings (SSSR count). The van der Waals surface area contributed by atoms with Crippen LogP contribution in [0.3, 0.4) is 0 Å². The summed E-state index contributed by atoms with van der Waals surface area (Å²) in [6, 6.07) is 14.6. The minimum atomic E-state index is -0.559. The van der Waals surface area contributed by atoms with Crippen molar-refractivity contribution < 1.29 is 18.8 Å². The predicted octanol–water partition coefficient (Wildman–Crippen LogP) is 3.96. The molecule has 0 fully saturated rings. The van der Waals surface area contributed by atoms with E-state index in [0.717, 1.165) is 23.8 Å². The van der Waals surface area contributed by atoms with Crippen LogP contribution in [0.2, 0.25) is 0 Å². The van der Waals surface area contributed by atoms with Gasteiger partial charge in [0.15, 0.2) is 12.4 Å². The second-order valence-corrected chi connectivity index (χ2v) is 6.27. The molecule has 140 valence electrons. The lowest BCUT2D eigenvalue weighted by atomic mass is 10.1. The Labute approximate surface area is 157 Å². The number of benzene rings is 2. The first-order valence-corrected chi connectivity index (χ1v) is 9.03. The minimum Gasteiger partial charge on any atom is -0.452 e. The molecule has 1 N–H and O–H groups in total. The number of esters is 1. The van der Waals surface area contributed by atoms with Gasteiger partial charge >= 0.3 is 5.97 Å². The SMILES string of the molecule is CCC(CC)NC(=O)COC(=O)c1ccc2noc(-c3ccccc3)c2c1. The van der Waals surface area contributed by atoms with Gasteiger partial charge in [0.1, 0.15) is 5.52 Å². The van der Waals surface area contributed by atoms with Crippen molar-refractivity contribution in [3.05, 3.63) is 54.1 Å². The van der Waals surface area contributed by atoms with E-state index in [1.54, 1.807) is 18.2 Å². The van der Waals surface area contributed by atoms with E-state index in [1.807, 2.05) is 44.2 Å². The molecule has 1 aromatic heterocycles. The summed E-state index contributed by atoms with van der Waals surface area (Å²) in [4.78, 5) is 24.2. The summed E-state index contributed by atoms with van der Waals surface area (Å²) >= 11 is 0. The fraction of sp³-hybridized carbons (Fsp3) is 0.286. The Bertz CT molecular complexity index is 930. The molecule has 3 aromatic rings. The van der Waals surface area contributed by atoms with Gasteiger partial charge in [-0.15, -0.1) is 0 Å². The second-order valence-electron chi connectivity index (χ2n) is 6.27. The molecule has 27 heavy (non-hydrogen) atoms. The van der Waals surface area contributed by atoms with E-state index >= 15 is 0 Å². The summed E-state index contributed by atoms with van der Waals surface area (Å²) in [6.07, 6.45) is 1.67. The van der Waals surface area contributed by atoms with E-state index in [1.165, 1.54) is 0 Å². The van der Waals surface area contributed by atoms with Crippen LogP contribution >= 0.6 is 0 Å². The van der Waals surface area contributed by atoms with Crippen molar-refractivity contribution in [2.45, 2.75) is 32.7 Å². The number of carbonyl (C=O) groups excluding carboxylic acids is 2. The molecule has 0 aliphatic rings. The van der Waals surface area contributed by atoms with Gasteiger partial charge in [-0.1, -0.05) is 49.3 Å². The summed E-state index contributed by atoms with van der Waals surface area (Å²) in [6.45, 7) is 3.69. The maximum Gasteiger partial charge on any atom is 0.338 e. The zero-order valence-corrected chi connectivity index (χ0v) is 15.4. The van der Waals surface area contributed by atoms with E-state index < -0.39 is 5.97 Å². The Balaban J connectivity index is 1.73. The van der Waals surface area contributed by atoms with E-state index in [0.29, 0.717) is 16.8 Å². The molecule has 0 atom stereocenters. The Hall–Kier alpha value is -3.15. The number of ether oxygens (including phenoxy) is 1. The van der Waals surface area contributed by atoms with Gasteiger partial charge in [0, 0.05) is 11.6 Å². The molecule has 0 bridgehead atoms. The lowest BCUT2D eigenvalue weighted by Crippen LogP contribution is -2.36. The molecular formula is C21H22N2O4. The van der Waals surface area contributed by atoms with Crippen LogP contribution in [0.15, 0.2) is 53.1 Å². The lowest BCUT2D eigenvalue weighted by molar-refractivity contribution is -0.125. The highest BCUT2D eigenvalue weighted by Gasteiger charge is 2.16. The van der Waals surface area contributed by atoms with Gasteiger partial charge in [-0.05, 0) is 31.0 Å². The van der Waals surface area contributed by atoms with Crippen LogP contribution in [0.4, 0.5) is 0 Å². The third-order valence-electron chi connectivity index (χ3n) is 4.43. The first kappa shape index (κ1) is 18.6. The van der Waals surface area contributed by atoms with E-state index in [-0.39, 0.29) is 18.6 Å². The number of rotatable bonds is 7. The fourth-order valence-corrected chi connectivity index (χ4v) is 2.84. The number of fused-ring (bicyclic) bond motifs is 1. The maximum absolute atomic E-state index is 12.3. The number of amides is 1. The molecule has 2 aromatic carbocycles. The van der Waals surface area contributed by atoms with Crippen LogP contribution in [0.1, 0.15) is 37.0 Å². The van der Waals surface area contributed by atoms with E-state index in [9.17, 15) is 9.59 Å². The minimum absolute atomic E-state index is 0.0954. The average Bonchev–Trinajstić information content (AvgIpc) is 3.14. The molecule has 0 spiro atoms. The molecule has 0 saturated carbocycles. The number of nitrogens with zero attached hydrogens (tertiary/aromatic N) is 1. The summed E-state index contributed by atoms with van der Waals surface area (Å²) < 4.78 is 10.6. The molecule has 0 radical (unpaired) electrons. The number of nitrogens with one attached hydrogen (secondary N) is 1. The van der Waals surface area contributed by atoms with E-state index in [4.69, 9.17) is 9.26 Å². The molecule has 0 aliphatic heterocycles. The third-order valence-corrected chi connectivity index (χ3v) is 4.43. The number of aromatic nitrogens is 1. The van der Waals surface area contributed by atoms with Crippen LogP contribution < -0.4 is 5.32 Å².